The van der Waals surface area contributed by atoms with Gasteiger partial charge in [0.2, 0.25) is 5.60 Å². The van der Waals surface area contributed by atoms with Crippen LogP contribution in [0.15, 0.2) is 54.6 Å². The van der Waals surface area contributed by atoms with E-state index in [4.69, 9.17) is 4.74 Å². The van der Waals surface area contributed by atoms with Gasteiger partial charge in [-0.15, -0.1) is 0 Å². The lowest BCUT2D eigenvalue weighted by Crippen LogP contribution is -2.54. The molecule has 1 fully saturated rings. The number of ether oxygens (including phenoxy) is 1. The fraction of sp³-hybridized carbons (Fsp3) is 0.263. The summed E-state index contributed by atoms with van der Waals surface area (Å²) in [6.45, 7) is 0.461. The Hall–Kier alpha value is -2.89. The van der Waals surface area contributed by atoms with Crippen LogP contribution in [0.5, 0.6) is 5.75 Å². The maximum Gasteiger partial charge on any atom is 0.348 e. The lowest BCUT2D eigenvalue weighted by molar-refractivity contribution is -0.159. The molecule has 5 nitrogen and oxygen atoms in total. The van der Waals surface area contributed by atoms with E-state index in [1.165, 1.54) is 23.1 Å². The number of likely N-dealkylation sites (tertiary alicyclic amines) is 1. The number of carboxylic acid groups (broad SMARTS) is 1. The van der Waals surface area contributed by atoms with Gasteiger partial charge in [0.1, 0.15) is 11.6 Å². The molecule has 6 heteroatoms. The summed E-state index contributed by atoms with van der Waals surface area (Å²) in [4.78, 5) is 25.8. The van der Waals surface area contributed by atoms with Gasteiger partial charge in [0.05, 0.1) is 0 Å². The Morgan fingerprint density at radius 1 is 1.04 bits per heavy atom. The van der Waals surface area contributed by atoms with Crippen LogP contribution < -0.4 is 4.74 Å². The average Bonchev–Trinajstić information content (AvgIpc) is 2.62. The summed E-state index contributed by atoms with van der Waals surface area (Å²) < 4.78 is 19.1. The molecule has 3 rings (SSSR count). The standard InChI is InChI=1S/C19H18FNO4/c20-15-6-4-5-14(13-15)17(22)21-11-9-19(10-12-21,18(23)24)25-16-7-2-1-3-8-16/h1-8,13H,9-12H2,(H,23,24). The van der Waals surface area contributed by atoms with Crippen molar-refractivity contribution < 1.29 is 23.8 Å². The molecule has 0 unspecified atom stereocenters. The van der Waals surface area contributed by atoms with E-state index in [1.807, 2.05) is 6.07 Å². The molecule has 1 aliphatic heterocycles. The van der Waals surface area contributed by atoms with Crippen LogP contribution in [-0.4, -0.2) is 40.6 Å². The normalized spacial score (nSPS) is 16.3. The van der Waals surface area contributed by atoms with E-state index in [1.54, 1.807) is 30.3 Å². The fourth-order valence-corrected chi connectivity index (χ4v) is 2.95. The van der Waals surface area contributed by atoms with Gasteiger partial charge in [-0.3, -0.25) is 4.79 Å². The largest absolute Gasteiger partial charge is 0.478 e. The van der Waals surface area contributed by atoms with Crippen LogP contribution in [0.1, 0.15) is 23.2 Å². The summed E-state index contributed by atoms with van der Waals surface area (Å²) in [7, 11) is 0. The zero-order valence-electron chi connectivity index (χ0n) is 13.5. The molecular weight excluding hydrogens is 325 g/mol. The number of nitrogens with zero attached hydrogens (tertiary/aromatic N) is 1. The molecule has 1 saturated heterocycles. The van der Waals surface area contributed by atoms with Crippen LogP contribution in [-0.2, 0) is 4.79 Å². The van der Waals surface area contributed by atoms with E-state index >= 15 is 0 Å². The summed E-state index contributed by atoms with van der Waals surface area (Å²) in [6, 6.07) is 14.3. The number of piperidine rings is 1. The lowest BCUT2D eigenvalue weighted by Gasteiger charge is -2.38. The molecule has 130 valence electrons. The number of halogens is 1. The molecule has 0 spiro atoms. The van der Waals surface area contributed by atoms with Crippen molar-refractivity contribution >= 4 is 11.9 Å². The van der Waals surface area contributed by atoms with Crippen molar-refractivity contribution in [1.82, 2.24) is 4.90 Å². The number of benzene rings is 2. The highest BCUT2D eigenvalue weighted by atomic mass is 19.1. The van der Waals surface area contributed by atoms with Crippen molar-refractivity contribution in [2.24, 2.45) is 0 Å². The van der Waals surface area contributed by atoms with E-state index in [9.17, 15) is 19.1 Å². The van der Waals surface area contributed by atoms with Crippen molar-refractivity contribution in [3.8, 4) is 5.75 Å². The summed E-state index contributed by atoms with van der Waals surface area (Å²) in [6.07, 6.45) is 0.330. The van der Waals surface area contributed by atoms with Crippen LogP contribution in [0, 0.1) is 5.82 Å². The number of rotatable bonds is 4. The second kappa shape index (κ2) is 6.93. The molecule has 1 heterocycles. The molecule has 2 aromatic carbocycles. The van der Waals surface area contributed by atoms with Crippen LogP contribution in [0.4, 0.5) is 4.39 Å². The molecule has 0 aliphatic carbocycles. The van der Waals surface area contributed by atoms with Gasteiger partial charge in [0, 0.05) is 31.5 Å². The Labute approximate surface area is 144 Å². The van der Waals surface area contributed by atoms with Gasteiger partial charge < -0.3 is 14.7 Å². The monoisotopic (exact) mass is 343 g/mol. The molecule has 1 aliphatic rings. The molecule has 25 heavy (non-hydrogen) atoms. The van der Waals surface area contributed by atoms with Crippen molar-refractivity contribution in [2.75, 3.05) is 13.1 Å². The van der Waals surface area contributed by atoms with Crippen molar-refractivity contribution in [1.29, 1.82) is 0 Å². The number of aliphatic carboxylic acids is 1. The van der Waals surface area contributed by atoms with E-state index < -0.39 is 17.4 Å². The smallest absolute Gasteiger partial charge is 0.348 e. The van der Waals surface area contributed by atoms with Crippen LogP contribution >= 0.6 is 0 Å². The van der Waals surface area contributed by atoms with Crippen LogP contribution in [0.25, 0.3) is 0 Å². The van der Waals surface area contributed by atoms with Crippen molar-refractivity contribution in [3.63, 3.8) is 0 Å². The number of amides is 1. The predicted molar refractivity (Wildman–Crippen MR) is 89.0 cm³/mol. The first-order chi connectivity index (χ1) is 12.0. The Kier molecular flexibility index (Phi) is 4.70. The maximum atomic E-state index is 13.3. The first-order valence-corrected chi connectivity index (χ1v) is 8.02. The molecule has 1 amide bonds. The first kappa shape index (κ1) is 17.0. The van der Waals surface area contributed by atoms with Crippen molar-refractivity contribution in [2.45, 2.75) is 18.4 Å². The Balaban J connectivity index is 1.72. The number of para-hydroxylation sites is 1. The Bertz CT molecular complexity index is 770. The second-order valence-corrected chi connectivity index (χ2v) is 6.02. The minimum Gasteiger partial charge on any atom is -0.478 e. The number of hydrogen-bond donors (Lipinski definition) is 1. The maximum absolute atomic E-state index is 13.3. The van der Waals surface area contributed by atoms with Gasteiger partial charge in [0.15, 0.2) is 0 Å². The number of hydrogen-bond acceptors (Lipinski definition) is 3. The molecule has 0 radical (unpaired) electrons. The van der Waals surface area contributed by atoms with Gasteiger partial charge in [-0.1, -0.05) is 24.3 Å². The zero-order valence-corrected chi connectivity index (χ0v) is 13.5. The lowest BCUT2D eigenvalue weighted by atomic mass is 9.90. The SMILES string of the molecule is O=C(c1cccc(F)c1)N1CCC(Oc2ccccc2)(C(=O)O)CC1. The summed E-state index contributed by atoms with van der Waals surface area (Å²) >= 11 is 0. The van der Waals surface area contributed by atoms with E-state index in [0.717, 1.165) is 0 Å². The third-order valence-electron chi connectivity index (χ3n) is 4.38. The molecular formula is C19H18FNO4. The molecule has 0 saturated carbocycles. The predicted octanol–water partition coefficient (Wildman–Crippen LogP) is 2.96. The second-order valence-electron chi connectivity index (χ2n) is 6.02. The summed E-state index contributed by atoms with van der Waals surface area (Å²) in [5.41, 5.74) is -1.10. The van der Waals surface area contributed by atoms with E-state index in [2.05, 4.69) is 0 Å². The van der Waals surface area contributed by atoms with E-state index in [0.29, 0.717) is 5.75 Å². The minimum absolute atomic E-state index is 0.165. The highest BCUT2D eigenvalue weighted by Crippen LogP contribution is 2.30. The number of carbonyl (C=O) groups excluding carboxylic acids is 1. The molecule has 0 aromatic heterocycles. The summed E-state index contributed by atoms with van der Waals surface area (Å²) in [5, 5.41) is 9.65. The summed E-state index contributed by atoms with van der Waals surface area (Å²) in [5.74, 6) is -1.35. The van der Waals surface area contributed by atoms with Crippen LogP contribution in [0.2, 0.25) is 0 Å². The van der Waals surface area contributed by atoms with Gasteiger partial charge in [-0.2, -0.15) is 0 Å². The number of carboxylic acids is 1. The van der Waals surface area contributed by atoms with Gasteiger partial charge in [0.25, 0.3) is 5.91 Å². The zero-order chi connectivity index (χ0) is 17.9. The molecule has 1 N–H and O–H groups in total. The highest BCUT2D eigenvalue weighted by molar-refractivity contribution is 5.94. The minimum atomic E-state index is -1.36. The number of carbonyl (C=O) groups is 2. The Morgan fingerprint density at radius 3 is 2.32 bits per heavy atom. The third-order valence-corrected chi connectivity index (χ3v) is 4.38. The Morgan fingerprint density at radius 2 is 1.72 bits per heavy atom. The first-order valence-electron chi connectivity index (χ1n) is 8.02. The topological polar surface area (TPSA) is 66.8 Å². The van der Waals surface area contributed by atoms with Gasteiger partial charge in [-0.05, 0) is 30.3 Å². The fourth-order valence-electron chi connectivity index (χ4n) is 2.95. The van der Waals surface area contributed by atoms with Crippen LogP contribution in [0.3, 0.4) is 0 Å². The molecule has 2 aromatic rings. The molecule has 0 atom stereocenters. The van der Waals surface area contributed by atoms with Gasteiger partial charge in [-0.25, -0.2) is 9.18 Å². The molecule has 0 bridgehead atoms. The van der Waals surface area contributed by atoms with E-state index in [-0.39, 0.29) is 37.4 Å². The van der Waals surface area contributed by atoms with Crippen molar-refractivity contribution in [3.05, 3.63) is 66.0 Å². The quantitative estimate of drug-likeness (QED) is 0.927. The average molecular weight is 343 g/mol. The van der Waals surface area contributed by atoms with Gasteiger partial charge >= 0.3 is 5.97 Å². The highest BCUT2D eigenvalue weighted by Gasteiger charge is 2.45. The third kappa shape index (κ3) is 3.63.